The Morgan fingerprint density at radius 1 is 1.22 bits per heavy atom. The number of carboxylic acids is 1. The highest BCUT2D eigenvalue weighted by atomic mass is 16.4. The van der Waals surface area contributed by atoms with Gasteiger partial charge >= 0.3 is 5.97 Å². The lowest BCUT2D eigenvalue weighted by molar-refractivity contribution is 0.0697. The van der Waals surface area contributed by atoms with Crippen molar-refractivity contribution in [2.45, 2.75) is 40.0 Å². The topological polar surface area (TPSA) is 40.5 Å². The first-order valence-corrected chi connectivity index (χ1v) is 6.44. The van der Waals surface area contributed by atoms with Gasteiger partial charge in [-0.25, -0.2) is 4.79 Å². The smallest absolute Gasteiger partial charge is 0.337 e. The third-order valence-corrected chi connectivity index (χ3v) is 3.20. The molecule has 0 atom stereocenters. The van der Waals surface area contributed by atoms with Crippen LogP contribution >= 0.6 is 0 Å². The van der Waals surface area contributed by atoms with Crippen LogP contribution in [0.2, 0.25) is 0 Å². The highest BCUT2D eigenvalue weighted by molar-refractivity contribution is 5.94. The van der Waals surface area contributed by atoms with E-state index in [1.165, 1.54) is 0 Å². The molecule has 1 aromatic rings. The van der Waals surface area contributed by atoms with Gasteiger partial charge in [0.1, 0.15) is 0 Å². The Morgan fingerprint density at radius 2 is 1.78 bits per heavy atom. The van der Waals surface area contributed by atoms with E-state index in [1.54, 1.807) is 6.07 Å². The van der Waals surface area contributed by atoms with Gasteiger partial charge in [0, 0.05) is 13.1 Å². The van der Waals surface area contributed by atoms with Crippen LogP contribution in [0.15, 0.2) is 18.2 Å². The standard InChI is InChI=1S/C15H23NO2/c1-6-16(7-2)13-10-11(15(3,4)5)8-9-12(13)14(17)18/h8-10H,6-7H2,1-5H3,(H,17,18). The molecule has 100 valence electrons. The van der Waals surface area contributed by atoms with Gasteiger partial charge in [0.25, 0.3) is 0 Å². The summed E-state index contributed by atoms with van der Waals surface area (Å²) in [6.07, 6.45) is 0. The van der Waals surface area contributed by atoms with Crippen molar-refractivity contribution in [2.24, 2.45) is 0 Å². The van der Waals surface area contributed by atoms with Crippen LogP contribution in [0.1, 0.15) is 50.5 Å². The molecule has 1 aromatic carbocycles. The highest BCUT2D eigenvalue weighted by Crippen LogP contribution is 2.29. The summed E-state index contributed by atoms with van der Waals surface area (Å²) in [7, 11) is 0. The van der Waals surface area contributed by atoms with Crippen molar-refractivity contribution in [3.63, 3.8) is 0 Å². The van der Waals surface area contributed by atoms with E-state index < -0.39 is 5.97 Å². The van der Waals surface area contributed by atoms with E-state index in [0.717, 1.165) is 24.3 Å². The Hall–Kier alpha value is -1.51. The number of hydrogen-bond acceptors (Lipinski definition) is 2. The van der Waals surface area contributed by atoms with Crippen LogP contribution in [0.4, 0.5) is 5.69 Å². The van der Waals surface area contributed by atoms with E-state index in [2.05, 4.69) is 25.7 Å². The van der Waals surface area contributed by atoms with E-state index in [9.17, 15) is 9.90 Å². The molecule has 0 bridgehead atoms. The summed E-state index contributed by atoms with van der Waals surface area (Å²) in [5.74, 6) is -0.864. The molecule has 0 fully saturated rings. The Balaban J connectivity index is 3.37. The summed E-state index contributed by atoms with van der Waals surface area (Å²) in [5.41, 5.74) is 2.39. The first-order chi connectivity index (χ1) is 8.31. The van der Waals surface area contributed by atoms with Gasteiger partial charge in [0.05, 0.1) is 11.3 Å². The van der Waals surface area contributed by atoms with E-state index in [0.29, 0.717) is 5.56 Å². The molecule has 0 aliphatic carbocycles. The highest BCUT2D eigenvalue weighted by Gasteiger charge is 2.19. The molecule has 3 nitrogen and oxygen atoms in total. The maximum Gasteiger partial charge on any atom is 0.337 e. The number of carbonyl (C=O) groups is 1. The van der Waals surface area contributed by atoms with Crippen LogP contribution < -0.4 is 4.90 Å². The van der Waals surface area contributed by atoms with Gasteiger partial charge in [0.15, 0.2) is 0 Å². The molecule has 1 N–H and O–H groups in total. The molecule has 0 aliphatic heterocycles. The van der Waals surface area contributed by atoms with E-state index in [-0.39, 0.29) is 5.41 Å². The third-order valence-electron chi connectivity index (χ3n) is 3.20. The lowest BCUT2D eigenvalue weighted by Crippen LogP contribution is -2.25. The fourth-order valence-electron chi connectivity index (χ4n) is 2.00. The first kappa shape index (κ1) is 14.6. The quantitative estimate of drug-likeness (QED) is 0.887. The number of benzene rings is 1. The Bertz CT molecular complexity index is 429. The van der Waals surface area contributed by atoms with Gasteiger partial charge < -0.3 is 10.0 Å². The maximum atomic E-state index is 11.3. The average molecular weight is 249 g/mol. The maximum absolute atomic E-state index is 11.3. The summed E-state index contributed by atoms with van der Waals surface area (Å²) < 4.78 is 0. The SMILES string of the molecule is CCN(CC)c1cc(C(C)(C)C)ccc1C(=O)O. The first-order valence-electron chi connectivity index (χ1n) is 6.44. The van der Waals surface area contributed by atoms with E-state index in [4.69, 9.17) is 0 Å². The number of hydrogen-bond donors (Lipinski definition) is 1. The molecule has 1 rings (SSSR count). The molecule has 0 heterocycles. The van der Waals surface area contributed by atoms with Gasteiger partial charge in [-0.15, -0.1) is 0 Å². The van der Waals surface area contributed by atoms with Crippen molar-refractivity contribution in [1.82, 2.24) is 0 Å². The normalized spacial score (nSPS) is 11.4. The summed E-state index contributed by atoms with van der Waals surface area (Å²) in [6.45, 7) is 12.1. The van der Waals surface area contributed by atoms with Crippen LogP contribution in [0, 0.1) is 0 Å². The third kappa shape index (κ3) is 3.03. The van der Waals surface area contributed by atoms with Gasteiger partial charge in [-0.05, 0) is 37.0 Å². The molecule has 0 unspecified atom stereocenters. The molecule has 0 spiro atoms. The fraction of sp³-hybridized carbons (Fsp3) is 0.533. The molecule has 0 saturated heterocycles. The van der Waals surface area contributed by atoms with Gasteiger partial charge in [0.2, 0.25) is 0 Å². The second-order valence-corrected chi connectivity index (χ2v) is 5.46. The number of nitrogens with zero attached hydrogens (tertiary/aromatic N) is 1. The minimum Gasteiger partial charge on any atom is -0.478 e. The van der Waals surface area contributed by atoms with Crippen LogP contribution in [-0.4, -0.2) is 24.2 Å². The molecular weight excluding hydrogens is 226 g/mol. The zero-order valence-electron chi connectivity index (χ0n) is 11.9. The zero-order chi connectivity index (χ0) is 13.9. The number of anilines is 1. The van der Waals surface area contributed by atoms with E-state index >= 15 is 0 Å². The predicted molar refractivity (Wildman–Crippen MR) is 75.7 cm³/mol. The molecule has 0 amide bonds. The van der Waals surface area contributed by atoms with Crippen LogP contribution in [0.3, 0.4) is 0 Å². The van der Waals surface area contributed by atoms with E-state index in [1.807, 2.05) is 26.0 Å². The molecule has 0 aromatic heterocycles. The summed E-state index contributed by atoms with van der Waals surface area (Å²) in [5, 5.41) is 9.27. The summed E-state index contributed by atoms with van der Waals surface area (Å²) in [6, 6.07) is 5.64. The van der Waals surface area contributed by atoms with Crippen molar-refractivity contribution in [1.29, 1.82) is 0 Å². The second-order valence-electron chi connectivity index (χ2n) is 5.46. The number of carboxylic acid groups (broad SMARTS) is 1. The summed E-state index contributed by atoms with van der Waals surface area (Å²) in [4.78, 5) is 13.4. The molecule has 0 radical (unpaired) electrons. The van der Waals surface area contributed by atoms with Gasteiger partial charge in [-0.1, -0.05) is 26.8 Å². The number of aromatic carboxylic acids is 1. The summed E-state index contributed by atoms with van der Waals surface area (Å²) >= 11 is 0. The van der Waals surface area contributed by atoms with Crippen LogP contribution in [0.5, 0.6) is 0 Å². The fourth-order valence-corrected chi connectivity index (χ4v) is 2.00. The van der Waals surface area contributed by atoms with Crippen LogP contribution in [-0.2, 0) is 5.41 Å². The molecule has 18 heavy (non-hydrogen) atoms. The molecule has 0 aliphatic rings. The lowest BCUT2D eigenvalue weighted by atomic mass is 9.86. The number of rotatable bonds is 4. The minimum atomic E-state index is -0.864. The van der Waals surface area contributed by atoms with Crippen molar-refractivity contribution in [3.05, 3.63) is 29.3 Å². The molecular formula is C15H23NO2. The monoisotopic (exact) mass is 249 g/mol. The van der Waals surface area contributed by atoms with Crippen molar-refractivity contribution >= 4 is 11.7 Å². The van der Waals surface area contributed by atoms with Crippen molar-refractivity contribution in [2.75, 3.05) is 18.0 Å². The van der Waals surface area contributed by atoms with Crippen LogP contribution in [0.25, 0.3) is 0 Å². The lowest BCUT2D eigenvalue weighted by Gasteiger charge is -2.26. The minimum absolute atomic E-state index is 0.0267. The van der Waals surface area contributed by atoms with Gasteiger partial charge in [-0.3, -0.25) is 0 Å². The second kappa shape index (κ2) is 5.42. The van der Waals surface area contributed by atoms with Gasteiger partial charge in [-0.2, -0.15) is 0 Å². The van der Waals surface area contributed by atoms with Crippen molar-refractivity contribution < 1.29 is 9.90 Å². The predicted octanol–water partition coefficient (Wildman–Crippen LogP) is 3.53. The molecule has 3 heteroatoms. The average Bonchev–Trinajstić information content (AvgIpc) is 2.29. The van der Waals surface area contributed by atoms with Crippen molar-refractivity contribution in [3.8, 4) is 0 Å². The zero-order valence-corrected chi connectivity index (χ0v) is 11.9. The largest absolute Gasteiger partial charge is 0.478 e. The Morgan fingerprint density at radius 3 is 2.17 bits per heavy atom. The Labute approximate surface area is 109 Å². The molecule has 0 saturated carbocycles. The Kier molecular flexibility index (Phi) is 4.38.